The Labute approximate surface area is 105 Å². The Hall–Kier alpha value is -2.14. The largest absolute Gasteiger partial charge is 0.479 e. The molecule has 0 radical (unpaired) electrons. The van der Waals surface area contributed by atoms with Crippen LogP contribution in [0.3, 0.4) is 0 Å². The highest BCUT2D eigenvalue weighted by Crippen LogP contribution is 2.12. The number of carboxylic acids is 2. The van der Waals surface area contributed by atoms with Gasteiger partial charge in [-0.2, -0.15) is 0 Å². The van der Waals surface area contributed by atoms with E-state index in [1.165, 1.54) is 0 Å². The maximum atomic E-state index is 10.8. The first-order chi connectivity index (χ1) is 8.47. The number of aliphatic carboxylic acids is 2. The Kier molecular flexibility index (Phi) is 4.62. The van der Waals surface area contributed by atoms with Crippen molar-refractivity contribution < 1.29 is 19.8 Å². The maximum absolute atomic E-state index is 10.8. The van der Waals surface area contributed by atoms with Crippen LogP contribution in [0.25, 0.3) is 6.08 Å². The summed E-state index contributed by atoms with van der Waals surface area (Å²) in [6.45, 7) is 0. The Morgan fingerprint density at radius 3 is 2.22 bits per heavy atom. The van der Waals surface area contributed by atoms with E-state index in [1.54, 1.807) is 12.2 Å². The van der Waals surface area contributed by atoms with Crippen LogP contribution in [0, 0.1) is 0 Å². The minimum Gasteiger partial charge on any atom is -0.479 e. The van der Waals surface area contributed by atoms with Gasteiger partial charge < -0.3 is 15.9 Å². The molecule has 4 N–H and O–H groups in total. The lowest BCUT2D eigenvalue weighted by atomic mass is 9.95. The van der Waals surface area contributed by atoms with Gasteiger partial charge in [-0.05, 0) is 18.4 Å². The molecule has 0 saturated heterocycles. The third-order valence-corrected chi connectivity index (χ3v) is 2.58. The molecule has 5 heteroatoms. The summed E-state index contributed by atoms with van der Waals surface area (Å²) >= 11 is 0. The van der Waals surface area contributed by atoms with E-state index in [9.17, 15) is 9.59 Å². The van der Waals surface area contributed by atoms with Crippen LogP contribution in [-0.2, 0) is 9.59 Å². The lowest BCUT2D eigenvalue weighted by Crippen LogP contribution is -2.54. The molecular weight excluding hydrogens is 234 g/mol. The van der Waals surface area contributed by atoms with Gasteiger partial charge in [0, 0.05) is 0 Å². The second kappa shape index (κ2) is 5.97. The molecule has 96 valence electrons. The number of allylic oxidation sites excluding steroid dienone is 1. The van der Waals surface area contributed by atoms with E-state index in [0.29, 0.717) is 0 Å². The van der Waals surface area contributed by atoms with E-state index in [1.807, 2.05) is 30.3 Å². The fourth-order valence-corrected chi connectivity index (χ4v) is 1.40. The molecule has 0 amide bonds. The normalized spacial score (nSPS) is 11.6. The van der Waals surface area contributed by atoms with Gasteiger partial charge in [0.2, 0.25) is 5.54 Å². The summed E-state index contributed by atoms with van der Waals surface area (Å²) in [5, 5.41) is 17.6. The maximum Gasteiger partial charge on any atom is 0.335 e. The van der Waals surface area contributed by atoms with Crippen LogP contribution in [0.1, 0.15) is 18.4 Å². The highest BCUT2D eigenvalue weighted by Gasteiger charge is 2.41. The highest BCUT2D eigenvalue weighted by molar-refractivity contribution is 6.02. The van der Waals surface area contributed by atoms with Crippen LogP contribution in [0.15, 0.2) is 36.4 Å². The first-order valence-corrected chi connectivity index (χ1v) is 5.44. The predicted molar refractivity (Wildman–Crippen MR) is 66.9 cm³/mol. The molecule has 0 bridgehead atoms. The lowest BCUT2D eigenvalue weighted by molar-refractivity contribution is -0.157. The van der Waals surface area contributed by atoms with E-state index >= 15 is 0 Å². The minimum absolute atomic E-state index is 0.152. The standard InChI is InChI=1S/C13H15NO4/c14-13(11(15)16,12(17)18)9-5-4-8-10-6-2-1-3-7-10/h1-4,6-8H,5,9,14H2,(H,15,16)(H,17,18). The quantitative estimate of drug-likeness (QED) is 0.660. The number of nitrogens with two attached hydrogens (primary N) is 1. The predicted octanol–water partition coefficient (Wildman–Crippen LogP) is 1.35. The Balaban J connectivity index is 2.58. The molecule has 1 aromatic rings. The molecular formula is C13H15NO4. The van der Waals surface area contributed by atoms with Crippen molar-refractivity contribution in [3.8, 4) is 0 Å². The molecule has 0 fully saturated rings. The zero-order chi connectivity index (χ0) is 13.6. The number of hydrogen-bond acceptors (Lipinski definition) is 3. The number of hydrogen-bond donors (Lipinski definition) is 3. The molecule has 0 heterocycles. The third-order valence-electron chi connectivity index (χ3n) is 2.58. The zero-order valence-electron chi connectivity index (χ0n) is 9.74. The van der Waals surface area contributed by atoms with Crippen molar-refractivity contribution in [2.75, 3.05) is 0 Å². The Morgan fingerprint density at radius 1 is 1.17 bits per heavy atom. The molecule has 1 aromatic carbocycles. The summed E-state index contributed by atoms with van der Waals surface area (Å²) in [4.78, 5) is 21.6. The van der Waals surface area contributed by atoms with Gasteiger partial charge in [0.05, 0.1) is 0 Å². The summed E-state index contributed by atoms with van der Waals surface area (Å²) in [7, 11) is 0. The van der Waals surface area contributed by atoms with Crippen molar-refractivity contribution in [1.29, 1.82) is 0 Å². The average molecular weight is 249 g/mol. The number of carbonyl (C=O) groups is 2. The molecule has 0 aromatic heterocycles. The van der Waals surface area contributed by atoms with Crippen molar-refractivity contribution in [2.24, 2.45) is 5.73 Å². The smallest absolute Gasteiger partial charge is 0.335 e. The number of carboxylic acid groups (broad SMARTS) is 2. The van der Waals surface area contributed by atoms with Crippen molar-refractivity contribution in [2.45, 2.75) is 18.4 Å². The van der Waals surface area contributed by atoms with Gasteiger partial charge >= 0.3 is 11.9 Å². The Bertz CT molecular complexity index is 439. The first kappa shape index (κ1) is 13.9. The van der Waals surface area contributed by atoms with Crippen LogP contribution in [-0.4, -0.2) is 27.7 Å². The second-order valence-corrected chi connectivity index (χ2v) is 3.93. The molecule has 0 unspecified atom stereocenters. The second-order valence-electron chi connectivity index (χ2n) is 3.93. The monoisotopic (exact) mass is 249 g/mol. The fourth-order valence-electron chi connectivity index (χ4n) is 1.40. The van der Waals surface area contributed by atoms with Gasteiger partial charge in [-0.15, -0.1) is 0 Å². The van der Waals surface area contributed by atoms with Gasteiger partial charge in [-0.25, -0.2) is 9.59 Å². The highest BCUT2D eigenvalue weighted by atomic mass is 16.4. The molecule has 0 saturated carbocycles. The lowest BCUT2D eigenvalue weighted by Gasteiger charge is -2.18. The molecule has 0 aliphatic carbocycles. The van der Waals surface area contributed by atoms with Crippen LogP contribution in [0.5, 0.6) is 0 Å². The van der Waals surface area contributed by atoms with Crippen LogP contribution in [0.4, 0.5) is 0 Å². The molecule has 0 atom stereocenters. The number of benzene rings is 1. The molecule has 0 aliphatic heterocycles. The SMILES string of the molecule is NC(CCC=Cc1ccccc1)(C(=O)O)C(=O)O. The Morgan fingerprint density at radius 2 is 1.72 bits per heavy atom. The van der Waals surface area contributed by atoms with E-state index in [-0.39, 0.29) is 12.8 Å². The van der Waals surface area contributed by atoms with E-state index in [4.69, 9.17) is 15.9 Å². The zero-order valence-corrected chi connectivity index (χ0v) is 9.74. The summed E-state index contributed by atoms with van der Waals surface area (Å²) in [5.74, 6) is -3.05. The van der Waals surface area contributed by atoms with Crippen molar-refractivity contribution in [3.63, 3.8) is 0 Å². The van der Waals surface area contributed by atoms with Gasteiger partial charge in [-0.3, -0.25) is 0 Å². The van der Waals surface area contributed by atoms with Crippen molar-refractivity contribution in [1.82, 2.24) is 0 Å². The number of rotatable bonds is 6. The first-order valence-electron chi connectivity index (χ1n) is 5.44. The summed E-state index contributed by atoms with van der Waals surface area (Å²) < 4.78 is 0. The third kappa shape index (κ3) is 3.43. The van der Waals surface area contributed by atoms with Gasteiger partial charge in [0.15, 0.2) is 0 Å². The van der Waals surface area contributed by atoms with Crippen LogP contribution >= 0.6 is 0 Å². The van der Waals surface area contributed by atoms with E-state index < -0.39 is 17.5 Å². The van der Waals surface area contributed by atoms with Crippen molar-refractivity contribution >= 4 is 18.0 Å². The summed E-state index contributed by atoms with van der Waals surface area (Å²) in [6, 6.07) is 9.42. The fraction of sp³-hybridized carbons (Fsp3) is 0.231. The van der Waals surface area contributed by atoms with Gasteiger partial charge in [-0.1, -0.05) is 42.5 Å². The van der Waals surface area contributed by atoms with E-state index in [2.05, 4.69) is 0 Å². The summed E-state index contributed by atoms with van der Waals surface area (Å²) in [6.07, 6.45) is 3.64. The minimum atomic E-state index is -2.22. The van der Waals surface area contributed by atoms with Crippen LogP contribution in [0.2, 0.25) is 0 Å². The molecule has 0 spiro atoms. The van der Waals surface area contributed by atoms with Gasteiger partial charge in [0.1, 0.15) is 0 Å². The van der Waals surface area contributed by atoms with Crippen LogP contribution < -0.4 is 5.73 Å². The summed E-state index contributed by atoms with van der Waals surface area (Å²) in [5.41, 5.74) is 4.07. The van der Waals surface area contributed by atoms with Crippen molar-refractivity contribution in [3.05, 3.63) is 42.0 Å². The molecule has 0 aliphatic rings. The van der Waals surface area contributed by atoms with Gasteiger partial charge in [0.25, 0.3) is 0 Å². The average Bonchev–Trinajstić information content (AvgIpc) is 2.35. The molecule has 5 nitrogen and oxygen atoms in total. The van der Waals surface area contributed by atoms with E-state index in [0.717, 1.165) is 5.56 Å². The molecule has 18 heavy (non-hydrogen) atoms. The molecule has 1 rings (SSSR count). The topological polar surface area (TPSA) is 101 Å².